The van der Waals surface area contributed by atoms with E-state index in [4.69, 9.17) is 10.5 Å². The Kier molecular flexibility index (Phi) is 5.41. The van der Waals surface area contributed by atoms with E-state index in [1.165, 1.54) is 11.2 Å². The summed E-state index contributed by atoms with van der Waals surface area (Å²) in [5.74, 6) is -1.72. The summed E-state index contributed by atoms with van der Waals surface area (Å²) in [7, 11) is 0. The largest absolute Gasteiger partial charge is 0.488 e. The first-order chi connectivity index (χ1) is 14.9. The molecule has 31 heavy (non-hydrogen) atoms. The van der Waals surface area contributed by atoms with Crippen LogP contribution in [-0.2, 0) is 16.1 Å². The number of carboxylic acid groups (broad SMARTS) is 1. The second kappa shape index (κ2) is 8.03. The maximum atomic E-state index is 12.5. The number of hydrogen-bond donors (Lipinski definition) is 3. The molecule has 2 aliphatic rings. The van der Waals surface area contributed by atoms with E-state index in [9.17, 15) is 19.8 Å². The third-order valence-electron chi connectivity index (χ3n) is 6.24. The fraction of sp³-hybridized carbons (Fsp3) is 0.348. The van der Waals surface area contributed by atoms with E-state index in [0.717, 1.165) is 16.3 Å². The van der Waals surface area contributed by atoms with Crippen LogP contribution in [0.2, 0.25) is 0 Å². The van der Waals surface area contributed by atoms with Gasteiger partial charge in [0.1, 0.15) is 18.1 Å². The second-order valence-corrected chi connectivity index (χ2v) is 7.98. The second-order valence-electron chi connectivity index (χ2n) is 7.98. The van der Waals surface area contributed by atoms with Gasteiger partial charge in [-0.05, 0) is 23.9 Å². The molecule has 4 rings (SSSR count). The Bertz CT molecular complexity index is 1110. The molecule has 2 heterocycles. The Labute approximate surface area is 179 Å². The van der Waals surface area contributed by atoms with Crippen molar-refractivity contribution < 1.29 is 24.5 Å². The van der Waals surface area contributed by atoms with Gasteiger partial charge in [0.05, 0.1) is 30.9 Å². The number of aliphatic hydroxyl groups is 1. The van der Waals surface area contributed by atoms with Crippen LogP contribution in [0, 0.1) is 11.8 Å². The molecule has 0 bridgehead atoms. The van der Waals surface area contributed by atoms with Crippen molar-refractivity contribution in [1.82, 2.24) is 4.90 Å². The average Bonchev–Trinajstić information content (AvgIpc) is 2.98. The number of β-lactam (4-membered cyclic amide) rings is 1. The molecule has 1 saturated heterocycles. The van der Waals surface area contributed by atoms with Gasteiger partial charge >= 0.3 is 5.97 Å². The molecule has 0 spiro atoms. The van der Waals surface area contributed by atoms with E-state index < -0.39 is 18.0 Å². The highest BCUT2D eigenvalue weighted by molar-refractivity contribution is 6.00. The number of aliphatic hydroxyl groups excluding tert-OH is 1. The van der Waals surface area contributed by atoms with Crippen molar-refractivity contribution in [2.45, 2.75) is 32.5 Å². The van der Waals surface area contributed by atoms with Gasteiger partial charge in [-0.15, -0.1) is 0 Å². The molecular weight excluding hydrogens is 398 g/mol. The number of fused-ring (bicyclic) bond motifs is 2. The van der Waals surface area contributed by atoms with Crippen molar-refractivity contribution in [2.24, 2.45) is 22.6 Å². The Hall–Kier alpha value is -3.39. The summed E-state index contributed by atoms with van der Waals surface area (Å²) in [5.41, 5.74) is 6.89. The van der Waals surface area contributed by atoms with Crippen molar-refractivity contribution in [1.29, 1.82) is 0 Å². The lowest BCUT2D eigenvalue weighted by Crippen LogP contribution is -2.63. The number of hydrogen-bond acceptors (Lipinski definition) is 5. The minimum atomic E-state index is -1.16. The topological polar surface area (TPSA) is 125 Å². The summed E-state index contributed by atoms with van der Waals surface area (Å²) in [5, 5.41) is 21.6. The van der Waals surface area contributed by atoms with Gasteiger partial charge in [0.15, 0.2) is 0 Å². The van der Waals surface area contributed by atoms with Crippen LogP contribution in [0.4, 0.5) is 0 Å². The number of aliphatic carboxylic acids is 1. The average molecular weight is 423 g/mol. The predicted octanol–water partition coefficient (Wildman–Crippen LogP) is 1.90. The van der Waals surface area contributed by atoms with Gasteiger partial charge in [-0.25, -0.2) is 4.79 Å². The number of nitrogens with zero attached hydrogens (tertiary/aromatic N) is 2. The van der Waals surface area contributed by atoms with Crippen LogP contribution < -0.4 is 10.5 Å². The molecule has 2 aliphatic heterocycles. The zero-order valence-corrected chi connectivity index (χ0v) is 17.4. The van der Waals surface area contributed by atoms with Crippen LogP contribution in [0.25, 0.3) is 10.8 Å². The van der Waals surface area contributed by atoms with Crippen molar-refractivity contribution in [3.05, 3.63) is 53.2 Å². The van der Waals surface area contributed by atoms with Crippen molar-refractivity contribution in [2.75, 3.05) is 6.61 Å². The number of nitrogens with two attached hydrogens (primary N) is 1. The Balaban J connectivity index is 1.64. The molecule has 1 fully saturated rings. The van der Waals surface area contributed by atoms with E-state index in [2.05, 4.69) is 4.99 Å². The van der Waals surface area contributed by atoms with Crippen LogP contribution in [0.3, 0.4) is 0 Å². The fourth-order valence-electron chi connectivity index (χ4n) is 4.75. The summed E-state index contributed by atoms with van der Waals surface area (Å²) < 4.78 is 6.08. The minimum Gasteiger partial charge on any atom is -0.488 e. The molecule has 2 aromatic carbocycles. The third-order valence-corrected chi connectivity index (χ3v) is 6.24. The maximum Gasteiger partial charge on any atom is 0.352 e. The highest BCUT2D eigenvalue weighted by atomic mass is 16.5. The monoisotopic (exact) mass is 423 g/mol. The predicted molar refractivity (Wildman–Crippen MR) is 115 cm³/mol. The lowest BCUT2D eigenvalue weighted by Gasteiger charge is -2.46. The summed E-state index contributed by atoms with van der Waals surface area (Å²) in [6, 6.07) is 11.1. The Morgan fingerprint density at radius 2 is 2.00 bits per heavy atom. The van der Waals surface area contributed by atoms with E-state index >= 15 is 0 Å². The molecule has 0 radical (unpaired) electrons. The number of benzene rings is 2. The molecular formula is C23H25N3O5. The van der Waals surface area contributed by atoms with Crippen molar-refractivity contribution in [3.63, 3.8) is 0 Å². The summed E-state index contributed by atoms with van der Waals surface area (Å²) in [6.45, 7) is 3.92. The number of amides is 1. The van der Waals surface area contributed by atoms with E-state index in [1.807, 2.05) is 43.3 Å². The van der Waals surface area contributed by atoms with Gasteiger partial charge < -0.3 is 25.6 Å². The zero-order chi connectivity index (χ0) is 22.3. The molecule has 2 aromatic rings. The van der Waals surface area contributed by atoms with Crippen LogP contribution in [-0.4, -0.2) is 52.1 Å². The smallest absolute Gasteiger partial charge is 0.352 e. The van der Waals surface area contributed by atoms with Gasteiger partial charge in [-0.2, -0.15) is 0 Å². The number of aliphatic imine (C=N–C) groups is 1. The minimum absolute atomic E-state index is 0.0300. The van der Waals surface area contributed by atoms with Crippen LogP contribution in [0.1, 0.15) is 19.4 Å². The lowest BCUT2D eigenvalue weighted by atomic mass is 9.78. The standard InChI is InChI=1S/C23H25N3O5/c1-12-17(21(23(29)30)26-20(12)19(13(2)27)22(26)28)10-31-18-8-4-6-15-14(9-25-11-24)5-3-7-16(15)18/h3-8,11-13,19-20,27H,9-10H2,1-2H3,(H2,24,25)(H,29,30)/t12-,13+,19+,20+/m0/s1. The van der Waals surface area contributed by atoms with Crippen molar-refractivity contribution in [3.8, 4) is 5.75 Å². The fourth-order valence-corrected chi connectivity index (χ4v) is 4.75. The number of ether oxygens (including phenoxy) is 1. The molecule has 4 atom stereocenters. The normalized spacial score (nSPS) is 23.9. The summed E-state index contributed by atoms with van der Waals surface area (Å²) >= 11 is 0. The van der Waals surface area contributed by atoms with Gasteiger partial charge in [-0.3, -0.25) is 9.79 Å². The van der Waals surface area contributed by atoms with Gasteiger partial charge in [0.2, 0.25) is 5.91 Å². The van der Waals surface area contributed by atoms with Gasteiger partial charge in [0, 0.05) is 16.9 Å². The van der Waals surface area contributed by atoms with Crippen LogP contribution in [0.15, 0.2) is 52.7 Å². The first kappa shape index (κ1) is 20.9. The van der Waals surface area contributed by atoms with Gasteiger partial charge in [-0.1, -0.05) is 37.3 Å². The molecule has 1 amide bonds. The highest BCUT2D eigenvalue weighted by Gasteiger charge is 2.59. The number of carboxylic acids is 1. The molecule has 0 unspecified atom stereocenters. The maximum absolute atomic E-state index is 12.5. The molecule has 0 saturated carbocycles. The molecule has 8 nitrogen and oxygen atoms in total. The van der Waals surface area contributed by atoms with Gasteiger partial charge in [0.25, 0.3) is 0 Å². The molecule has 162 valence electrons. The number of rotatable bonds is 7. The van der Waals surface area contributed by atoms with E-state index in [-0.39, 0.29) is 30.2 Å². The zero-order valence-electron chi connectivity index (χ0n) is 17.4. The quantitative estimate of drug-likeness (QED) is 0.355. The molecule has 4 N–H and O–H groups in total. The first-order valence-electron chi connectivity index (χ1n) is 10.2. The first-order valence-corrected chi connectivity index (χ1v) is 10.2. The Morgan fingerprint density at radius 3 is 2.68 bits per heavy atom. The Morgan fingerprint density at radius 1 is 1.29 bits per heavy atom. The van der Waals surface area contributed by atoms with Crippen LogP contribution in [0.5, 0.6) is 5.75 Å². The van der Waals surface area contributed by atoms with E-state index in [1.54, 1.807) is 6.92 Å². The molecule has 0 aliphatic carbocycles. The highest BCUT2D eigenvalue weighted by Crippen LogP contribution is 2.47. The number of carbonyl (C=O) groups excluding carboxylic acids is 1. The molecule has 0 aromatic heterocycles. The molecule has 8 heteroatoms. The summed E-state index contributed by atoms with van der Waals surface area (Å²) in [6.07, 6.45) is 0.436. The number of carbonyl (C=O) groups is 2. The van der Waals surface area contributed by atoms with Crippen LogP contribution >= 0.6 is 0 Å². The van der Waals surface area contributed by atoms with E-state index in [0.29, 0.717) is 17.9 Å². The van der Waals surface area contributed by atoms with Crippen molar-refractivity contribution >= 4 is 29.0 Å². The lowest BCUT2D eigenvalue weighted by molar-refractivity contribution is -0.163. The SMILES string of the molecule is C[C@@H](O)[C@H]1C(=O)N2C(C(=O)O)=C(COc3cccc4c(CN=CN)cccc34)[C@H](C)[C@H]12. The third kappa shape index (κ3) is 3.33. The summed E-state index contributed by atoms with van der Waals surface area (Å²) in [4.78, 5) is 29.8.